The molecule has 0 heterocycles. The first-order valence-electron chi connectivity index (χ1n) is 6.37. The number of aromatic hydroxyl groups is 1. The van der Waals surface area contributed by atoms with Gasteiger partial charge in [-0.1, -0.05) is 33.8 Å². The van der Waals surface area contributed by atoms with Gasteiger partial charge in [0.25, 0.3) is 0 Å². The topological polar surface area (TPSA) is 37.3 Å². The van der Waals surface area contributed by atoms with Gasteiger partial charge in [0.1, 0.15) is 12.0 Å². The Morgan fingerprint density at radius 2 is 1.78 bits per heavy atom. The second-order valence-corrected chi connectivity index (χ2v) is 5.30. The van der Waals surface area contributed by atoms with Crippen LogP contribution in [0.1, 0.15) is 63.1 Å². The molecular weight excluding hydrogens is 224 g/mol. The molecule has 1 aromatic carbocycles. The number of allylic oxidation sites excluding steroid dienone is 2. The van der Waals surface area contributed by atoms with E-state index in [0.29, 0.717) is 11.7 Å². The number of benzene rings is 1. The van der Waals surface area contributed by atoms with Gasteiger partial charge in [-0.25, -0.2) is 0 Å². The Kier molecular flexibility index (Phi) is 4.71. The Morgan fingerprint density at radius 3 is 2.22 bits per heavy atom. The van der Waals surface area contributed by atoms with Crippen molar-refractivity contribution in [1.29, 1.82) is 0 Å². The minimum absolute atomic E-state index is 0.256. The highest BCUT2D eigenvalue weighted by molar-refractivity contribution is 5.83. The molecule has 0 bridgehead atoms. The van der Waals surface area contributed by atoms with Crippen molar-refractivity contribution in [3.8, 4) is 5.75 Å². The van der Waals surface area contributed by atoms with Gasteiger partial charge in [-0.2, -0.15) is 0 Å². The highest BCUT2D eigenvalue weighted by Crippen LogP contribution is 2.36. The SMILES string of the molecule is C/C(=C/C=O)c1cc(C(C)C)cc(C(C)C)c1O. The van der Waals surface area contributed by atoms with Crippen LogP contribution in [-0.4, -0.2) is 11.4 Å². The fraction of sp³-hybridized carbons (Fsp3) is 0.438. The summed E-state index contributed by atoms with van der Waals surface area (Å²) in [6.07, 6.45) is 2.25. The molecule has 0 saturated heterocycles. The minimum Gasteiger partial charge on any atom is -0.507 e. The summed E-state index contributed by atoms with van der Waals surface area (Å²) in [6, 6.07) is 4.03. The van der Waals surface area contributed by atoms with Crippen LogP contribution in [0.2, 0.25) is 0 Å². The second-order valence-electron chi connectivity index (χ2n) is 5.30. The van der Waals surface area contributed by atoms with Gasteiger partial charge in [-0.3, -0.25) is 4.79 Å². The largest absolute Gasteiger partial charge is 0.507 e. The molecule has 1 N–H and O–H groups in total. The zero-order valence-corrected chi connectivity index (χ0v) is 11.8. The highest BCUT2D eigenvalue weighted by Gasteiger charge is 2.15. The van der Waals surface area contributed by atoms with E-state index in [9.17, 15) is 9.90 Å². The van der Waals surface area contributed by atoms with Crippen LogP contribution in [0.3, 0.4) is 0 Å². The maximum Gasteiger partial charge on any atom is 0.143 e. The summed E-state index contributed by atoms with van der Waals surface area (Å²) in [4.78, 5) is 10.6. The number of hydrogen-bond donors (Lipinski definition) is 1. The molecule has 0 fully saturated rings. The smallest absolute Gasteiger partial charge is 0.143 e. The average Bonchev–Trinajstić information content (AvgIpc) is 2.28. The third-order valence-electron chi connectivity index (χ3n) is 3.19. The summed E-state index contributed by atoms with van der Waals surface area (Å²) in [5.41, 5.74) is 3.68. The molecule has 2 heteroatoms. The number of hydrogen-bond acceptors (Lipinski definition) is 2. The van der Waals surface area contributed by atoms with Crippen LogP contribution in [0, 0.1) is 0 Å². The van der Waals surface area contributed by atoms with Crippen LogP contribution >= 0.6 is 0 Å². The van der Waals surface area contributed by atoms with Crippen LogP contribution in [0.5, 0.6) is 5.75 Å². The molecule has 98 valence electrons. The Balaban J connectivity index is 3.50. The van der Waals surface area contributed by atoms with Gasteiger partial charge < -0.3 is 5.11 Å². The lowest BCUT2D eigenvalue weighted by atomic mass is 9.90. The van der Waals surface area contributed by atoms with Crippen LogP contribution < -0.4 is 0 Å². The lowest BCUT2D eigenvalue weighted by Crippen LogP contribution is -1.97. The quantitative estimate of drug-likeness (QED) is 0.637. The predicted octanol–water partition coefficient (Wildman–Crippen LogP) is 4.24. The molecule has 18 heavy (non-hydrogen) atoms. The van der Waals surface area contributed by atoms with E-state index in [0.717, 1.165) is 23.0 Å². The molecule has 0 aliphatic heterocycles. The van der Waals surface area contributed by atoms with Gasteiger partial charge in [-0.15, -0.1) is 0 Å². The molecule has 0 aromatic heterocycles. The molecule has 0 amide bonds. The average molecular weight is 246 g/mol. The first-order chi connectivity index (χ1) is 8.38. The van der Waals surface area contributed by atoms with Crippen LogP contribution in [0.4, 0.5) is 0 Å². The second kappa shape index (κ2) is 5.85. The van der Waals surface area contributed by atoms with Crippen molar-refractivity contribution in [2.75, 3.05) is 0 Å². The van der Waals surface area contributed by atoms with E-state index in [-0.39, 0.29) is 5.92 Å². The molecule has 0 spiro atoms. The van der Waals surface area contributed by atoms with Gasteiger partial charge in [-0.05, 0) is 47.6 Å². The lowest BCUT2D eigenvalue weighted by molar-refractivity contribution is -0.104. The van der Waals surface area contributed by atoms with E-state index in [1.165, 1.54) is 11.6 Å². The monoisotopic (exact) mass is 246 g/mol. The third-order valence-corrected chi connectivity index (χ3v) is 3.19. The summed E-state index contributed by atoms with van der Waals surface area (Å²) < 4.78 is 0. The molecule has 0 saturated carbocycles. The Morgan fingerprint density at radius 1 is 1.17 bits per heavy atom. The van der Waals surface area contributed by atoms with E-state index in [1.807, 2.05) is 13.0 Å². The fourth-order valence-electron chi connectivity index (χ4n) is 1.95. The molecular formula is C16H22O2. The maximum atomic E-state index is 10.6. The van der Waals surface area contributed by atoms with Crippen LogP contribution in [-0.2, 0) is 4.79 Å². The number of aldehydes is 1. The molecule has 0 unspecified atom stereocenters. The number of phenolic OH excluding ortho intramolecular Hbond substituents is 1. The van der Waals surface area contributed by atoms with Crippen molar-refractivity contribution >= 4 is 11.9 Å². The summed E-state index contributed by atoms with van der Waals surface area (Å²) in [7, 11) is 0. The van der Waals surface area contributed by atoms with Crippen molar-refractivity contribution in [2.45, 2.75) is 46.5 Å². The zero-order chi connectivity index (χ0) is 13.9. The van der Waals surface area contributed by atoms with Gasteiger partial charge in [0.2, 0.25) is 0 Å². The van der Waals surface area contributed by atoms with E-state index in [1.54, 1.807) is 0 Å². The predicted molar refractivity (Wildman–Crippen MR) is 76.0 cm³/mol. The number of carbonyl (C=O) groups excluding carboxylic acids is 1. The normalized spacial score (nSPS) is 12.3. The summed E-state index contributed by atoms with van der Waals surface area (Å²) >= 11 is 0. The van der Waals surface area contributed by atoms with Crippen LogP contribution in [0.25, 0.3) is 5.57 Å². The van der Waals surface area contributed by atoms with Gasteiger partial charge in [0, 0.05) is 5.56 Å². The Bertz CT molecular complexity index is 468. The van der Waals surface area contributed by atoms with E-state index >= 15 is 0 Å². The Labute approximate surface area is 109 Å². The molecule has 2 nitrogen and oxygen atoms in total. The number of phenols is 1. The summed E-state index contributed by atoms with van der Waals surface area (Å²) in [5, 5.41) is 10.3. The zero-order valence-electron chi connectivity index (χ0n) is 11.8. The molecule has 0 aliphatic carbocycles. The van der Waals surface area contributed by atoms with Gasteiger partial charge in [0.05, 0.1) is 0 Å². The maximum absolute atomic E-state index is 10.6. The summed E-state index contributed by atoms with van der Waals surface area (Å²) in [6.45, 7) is 10.2. The fourth-order valence-corrected chi connectivity index (χ4v) is 1.95. The molecule has 1 aromatic rings. The molecule has 0 radical (unpaired) electrons. The number of rotatable bonds is 4. The van der Waals surface area contributed by atoms with E-state index in [2.05, 4.69) is 33.8 Å². The van der Waals surface area contributed by atoms with Crippen molar-refractivity contribution in [3.63, 3.8) is 0 Å². The third kappa shape index (κ3) is 3.00. The van der Waals surface area contributed by atoms with Crippen LogP contribution in [0.15, 0.2) is 18.2 Å². The minimum atomic E-state index is 0.256. The van der Waals surface area contributed by atoms with Gasteiger partial charge >= 0.3 is 0 Å². The van der Waals surface area contributed by atoms with E-state index < -0.39 is 0 Å². The van der Waals surface area contributed by atoms with Crippen molar-refractivity contribution < 1.29 is 9.90 Å². The molecule has 0 atom stereocenters. The van der Waals surface area contributed by atoms with Crippen molar-refractivity contribution in [2.24, 2.45) is 0 Å². The summed E-state index contributed by atoms with van der Waals surface area (Å²) in [5.74, 6) is 0.947. The first kappa shape index (κ1) is 14.5. The Hall–Kier alpha value is -1.57. The lowest BCUT2D eigenvalue weighted by Gasteiger charge is -2.17. The first-order valence-corrected chi connectivity index (χ1v) is 6.37. The molecule has 1 rings (SSSR count). The highest BCUT2D eigenvalue weighted by atomic mass is 16.3. The van der Waals surface area contributed by atoms with Crippen molar-refractivity contribution in [1.82, 2.24) is 0 Å². The van der Waals surface area contributed by atoms with Gasteiger partial charge in [0.15, 0.2) is 0 Å². The van der Waals surface area contributed by atoms with E-state index in [4.69, 9.17) is 0 Å². The van der Waals surface area contributed by atoms with Crippen molar-refractivity contribution in [3.05, 3.63) is 34.9 Å². The number of carbonyl (C=O) groups is 1. The standard InChI is InChI=1S/C16H22O2/c1-10(2)13-8-14(11(3)4)16(18)15(9-13)12(5)6-7-17/h6-11,18H,1-5H3/b12-6-. The molecule has 0 aliphatic rings.